The summed E-state index contributed by atoms with van der Waals surface area (Å²) in [6, 6.07) is 0. The third-order valence-electron chi connectivity index (χ3n) is 2.94. The molecule has 1 aromatic heterocycles. The summed E-state index contributed by atoms with van der Waals surface area (Å²) in [5, 5.41) is 0. The van der Waals surface area contributed by atoms with Crippen LogP contribution in [0.15, 0.2) is 18.0 Å². The van der Waals surface area contributed by atoms with E-state index < -0.39 is 0 Å². The Morgan fingerprint density at radius 3 is 3.07 bits per heavy atom. The molecular weight excluding hydrogens is 186 g/mol. The van der Waals surface area contributed by atoms with Gasteiger partial charge in [-0.1, -0.05) is 11.6 Å². The fraction of sp³-hybridized carbons (Fsp3) is 0.583. The van der Waals surface area contributed by atoms with Crippen LogP contribution in [0.4, 0.5) is 0 Å². The molecule has 1 aromatic rings. The van der Waals surface area contributed by atoms with E-state index in [1.165, 1.54) is 17.0 Å². The predicted molar refractivity (Wildman–Crippen MR) is 61.6 cm³/mol. The number of allylic oxidation sites excluding steroid dienone is 1. The molecule has 3 heteroatoms. The van der Waals surface area contributed by atoms with E-state index in [1.807, 2.05) is 6.33 Å². The summed E-state index contributed by atoms with van der Waals surface area (Å²) in [6.45, 7) is 7.50. The standard InChI is InChI=1S/C12H19N3/c1-10(2)4-6-15-7-5-12-11(8-15)13-9-14(12)3/h4,9H,5-8H2,1-3H3. The summed E-state index contributed by atoms with van der Waals surface area (Å²) in [5.41, 5.74) is 4.05. The highest BCUT2D eigenvalue weighted by Crippen LogP contribution is 2.16. The molecule has 0 amide bonds. The van der Waals surface area contributed by atoms with E-state index in [9.17, 15) is 0 Å². The first-order valence-electron chi connectivity index (χ1n) is 5.51. The highest BCUT2D eigenvalue weighted by molar-refractivity contribution is 5.16. The lowest BCUT2D eigenvalue weighted by molar-refractivity contribution is 0.275. The zero-order valence-electron chi connectivity index (χ0n) is 9.82. The highest BCUT2D eigenvalue weighted by atomic mass is 15.2. The van der Waals surface area contributed by atoms with Gasteiger partial charge in [-0.25, -0.2) is 4.98 Å². The second-order valence-corrected chi connectivity index (χ2v) is 4.52. The lowest BCUT2D eigenvalue weighted by atomic mass is 10.1. The van der Waals surface area contributed by atoms with Gasteiger partial charge < -0.3 is 4.57 Å². The molecule has 0 radical (unpaired) electrons. The maximum atomic E-state index is 4.43. The number of aryl methyl sites for hydroxylation is 1. The lowest BCUT2D eigenvalue weighted by Crippen LogP contribution is -2.31. The van der Waals surface area contributed by atoms with Crippen LogP contribution >= 0.6 is 0 Å². The molecule has 2 rings (SSSR count). The number of rotatable bonds is 2. The summed E-state index contributed by atoms with van der Waals surface area (Å²) in [6.07, 6.45) is 5.34. The van der Waals surface area contributed by atoms with Crippen molar-refractivity contribution >= 4 is 0 Å². The number of nitrogens with zero attached hydrogens (tertiary/aromatic N) is 3. The SMILES string of the molecule is CC(C)=CCN1CCc2c(ncn2C)C1. The molecule has 2 heterocycles. The molecule has 0 aliphatic carbocycles. The Balaban J connectivity index is 2.03. The summed E-state index contributed by atoms with van der Waals surface area (Å²) < 4.78 is 2.15. The smallest absolute Gasteiger partial charge is 0.0949 e. The van der Waals surface area contributed by atoms with Crippen molar-refractivity contribution in [3.05, 3.63) is 29.4 Å². The minimum Gasteiger partial charge on any atom is -0.337 e. The number of hydrogen-bond acceptors (Lipinski definition) is 2. The second-order valence-electron chi connectivity index (χ2n) is 4.52. The van der Waals surface area contributed by atoms with Crippen LogP contribution in [-0.2, 0) is 20.0 Å². The summed E-state index contributed by atoms with van der Waals surface area (Å²) in [7, 11) is 2.08. The normalized spacial score (nSPS) is 16.2. The Kier molecular flexibility index (Phi) is 2.91. The first kappa shape index (κ1) is 10.4. The molecule has 0 saturated carbocycles. The van der Waals surface area contributed by atoms with E-state index >= 15 is 0 Å². The number of imidazole rings is 1. The van der Waals surface area contributed by atoms with Crippen LogP contribution in [0.5, 0.6) is 0 Å². The van der Waals surface area contributed by atoms with E-state index in [1.54, 1.807) is 0 Å². The van der Waals surface area contributed by atoms with Crippen LogP contribution in [0.25, 0.3) is 0 Å². The first-order valence-corrected chi connectivity index (χ1v) is 5.51. The molecule has 1 aliphatic heterocycles. The van der Waals surface area contributed by atoms with Crippen molar-refractivity contribution in [2.24, 2.45) is 7.05 Å². The van der Waals surface area contributed by atoms with E-state index in [2.05, 4.69) is 41.4 Å². The quantitative estimate of drug-likeness (QED) is 0.686. The highest BCUT2D eigenvalue weighted by Gasteiger charge is 2.18. The molecule has 0 saturated heterocycles. The molecule has 3 nitrogen and oxygen atoms in total. The zero-order chi connectivity index (χ0) is 10.8. The molecule has 1 aliphatic rings. The largest absolute Gasteiger partial charge is 0.337 e. The molecule has 0 N–H and O–H groups in total. The number of aromatic nitrogens is 2. The molecular formula is C12H19N3. The summed E-state index contributed by atoms with van der Waals surface area (Å²) in [5.74, 6) is 0. The maximum Gasteiger partial charge on any atom is 0.0949 e. The van der Waals surface area contributed by atoms with Crippen molar-refractivity contribution in [1.29, 1.82) is 0 Å². The molecule has 0 unspecified atom stereocenters. The van der Waals surface area contributed by atoms with Crippen molar-refractivity contribution < 1.29 is 0 Å². The average molecular weight is 205 g/mol. The van der Waals surface area contributed by atoms with Crippen LogP contribution in [0.3, 0.4) is 0 Å². The Morgan fingerprint density at radius 1 is 1.53 bits per heavy atom. The van der Waals surface area contributed by atoms with E-state index in [0.717, 1.165) is 26.1 Å². The summed E-state index contributed by atoms with van der Waals surface area (Å²) >= 11 is 0. The second kappa shape index (κ2) is 4.19. The molecule has 0 bridgehead atoms. The average Bonchev–Trinajstić information content (AvgIpc) is 2.57. The van der Waals surface area contributed by atoms with Crippen LogP contribution in [0.2, 0.25) is 0 Å². The Bertz CT molecular complexity index is 372. The lowest BCUT2D eigenvalue weighted by Gasteiger charge is -2.25. The molecule has 15 heavy (non-hydrogen) atoms. The number of fused-ring (bicyclic) bond motifs is 1. The minimum absolute atomic E-state index is 1.000. The fourth-order valence-electron chi connectivity index (χ4n) is 1.98. The third kappa shape index (κ3) is 2.29. The van der Waals surface area contributed by atoms with E-state index in [4.69, 9.17) is 0 Å². The van der Waals surface area contributed by atoms with Crippen LogP contribution in [-0.4, -0.2) is 27.5 Å². The maximum absolute atomic E-state index is 4.43. The Hall–Kier alpha value is -1.09. The van der Waals surface area contributed by atoms with Gasteiger partial charge in [-0.3, -0.25) is 4.90 Å². The molecule has 0 fully saturated rings. The topological polar surface area (TPSA) is 21.1 Å². The van der Waals surface area contributed by atoms with Gasteiger partial charge in [-0.15, -0.1) is 0 Å². The van der Waals surface area contributed by atoms with Crippen molar-refractivity contribution in [2.45, 2.75) is 26.8 Å². The fourth-order valence-corrected chi connectivity index (χ4v) is 1.98. The van der Waals surface area contributed by atoms with E-state index in [0.29, 0.717) is 0 Å². The van der Waals surface area contributed by atoms with Gasteiger partial charge in [-0.05, 0) is 13.8 Å². The summed E-state index contributed by atoms with van der Waals surface area (Å²) in [4.78, 5) is 6.88. The van der Waals surface area contributed by atoms with Gasteiger partial charge in [0.25, 0.3) is 0 Å². The minimum atomic E-state index is 1.000. The van der Waals surface area contributed by atoms with Crippen molar-refractivity contribution in [1.82, 2.24) is 14.5 Å². The first-order chi connectivity index (χ1) is 7.16. The molecule has 0 atom stereocenters. The molecule has 0 spiro atoms. The van der Waals surface area contributed by atoms with Gasteiger partial charge in [0, 0.05) is 38.8 Å². The van der Waals surface area contributed by atoms with Gasteiger partial charge in [0.05, 0.1) is 12.0 Å². The van der Waals surface area contributed by atoms with Crippen molar-refractivity contribution in [2.75, 3.05) is 13.1 Å². The van der Waals surface area contributed by atoms with Gasteiger partial charge in [0.15, 0.2) is 0 Å². The predicted octanol–water partition coefficient (Wildman–Crippen LogP) is 1.74. The van der Waals surface area contributed by atoms with Crippen molar-refractivity contribution in [3.8, 4) is 0 Å². The third-order valence-corrected chi connectivity index (χ3v) is 2.94. The number of hydrogen-bond donors (Lipinski definition) is 0. The monoisotopic (exact) mass is 205 g/mol. The van der Waals surface area contributed by atoms with E-state index in [-0.39, 0.29) is 0 Å². The van der Waals surface area contributed by atoms with Gasteiger partial charge in [0.2, 0.25) is 0 Å². The Morgan fingerprint density at radius 2 is 2.33 bits per heavy atom. The van der Waals surface area contributed by atoms with Crippen LogP contribution in [0, 0.1) is 0 Å². The molecule has 82 valence electrons. The zero-order valence-corrected chi connectivity index (χ0v) is 9.82. The van der Waals surface area contributed by atoms with Gasteiger partial charge in [0.1, 0.15) is 0 Å². The van der Waals surface area contributed by atoms with Crippen LogP contribution < -0.4 is 0 Å². The Labute approximate surface area is 91.4 Å². The van der Waals surface area contributed by atoms with Gasteiger partial charge in [-0.2, -0.15) is 0 Å². The molecule has 0 aromatic carbocycles. The van der Waals surface area contributed by atoms with Gasteiger partial charge >= 0.3 is 0 Å². The van der Waals surface area contributed by atoms with Crippen molar-refractivity contribution in [3.63, 3.8) is 0 Å². The van der Waals surface area contributed by atoms with Crippen LogP contribution in [0.1, 0.15) is 25.2 Å².